The van der Waals surface area contributed by atoms with Crippen LogP contribution < -0.4 is 16.6 Å². The molecule has 12 heavy (non-hydrogen) atoms. The number of aliphatic imine (C=N–C) groups is 1. The summed E-state index contributed by atoms with van der Waals surface area (Å²) in [5.41, 5.74) is 2.48. The molecule has 1 fully saturated rings. The Hall–Kier alpha value is -0.810. The topological polar surface area (TPSA) is 71.7 Å². The molecule has 5 nitrogen and oxygen atoms in total. The van der Waals surface area contributed by atoms with Crippen LogP contribution in [0.15, 0.2) is 4.99 Å². The summed E-state index contributed by atoms with van der Waals surface area (Å²) >= 11 is 0. The smallest absolute Gasteiger partial charge is 0.205 e. The zero-order chi connectivity index (χ0) is 8.97. The number of nitrogens with one attached hydrogen (secondary N) is 2. The molecule has 0 spiro atoms. The third kappa shape index (κ3) is 2.09. The van der Waals surface area contributed by atoms with Crippen molar-refractivity contribution in [2.24, 2.45) is 10.8 Å². The van der Waals surface area contributed by atoms with Gasteiger partial charge in [-0.3, -0.25) is 10.4 Å². The first kappa shape index (κ1) is 9.28. The van der Waals surface area contributed by atoms with Gasteiger partial charge in [0.2, 0.25) is 5.96 Å². The van der Waals surface area contributed by atoms with Crippen molar-refractivity contribution in [3.63, 3.8) is 0 Å². The van der Waals surface area contributed by atoms with E-state index in [1.807, 2.05) is 0 Å². The van der Waals surface area contributed by atoms with Crippen molar-refractivity contribution in [1.82, 2.24) is 10.7 Å². The lowest BCUT2D eigenvalue weighted by molar-refractivity contribution is 0.0224. The highest BCUT2D eigenvalue weighted by Gasteiger charge is 2.29. The van der Waals surface area contributed by atoms with E-state index in [4.69, 9.17) is 10.6 Å². The molecular formula is C7H16N4O. The first-order chi connectivity index (χ1) is 5.80. The van der Waals surface area contributed by atoms with Gasteiger partial charge >= 0.3 is 0 Å². The van der Waals surface area contributed by atoms with Crippen molar-refractivity contribution < 1.29 is 4.74 Å². The van der Waals surface area contributed by atoms with E-state index < -0.39 is 0 Å². The molecule has 0 atom stereocenters. The molecule has 0 aromatic rings. The molecule has 4 N–H and O–H groups in total. The molecular weight excluding hydrogens is 156 g/mol. The van der Waals surface area contributed by atoms with Crippen molar-refractivity contribution in [2.45, 2.75) is 25.0 Å². The third-order valence-corrected chi connectivity index (χ3v) is 2.13. The Labute approximate surface area is 72.3 Å². The maximum Gasteiger partial charge on any atom is 0.205 e. The summed E-state index contributed by atoms with van der Waals surface area (Å²) in [6, 6.07) is 0.449. The van der Waals surface area contributed by atoms with E-state index in [1.165, 1.54) is 0 Å². The second kappa shape index (κ2) is 4.27. The standard InChI is InChI=1S/C7H16N4O/c1-9-7(11-8)10-5-3-6(4-5)12-2/h5-6H,3-4,8H2,1-2H3,(H2,9,10,11). The number of guanidine groups is 1. The summed E-state index contributed by atoms with van der Waals surface area (Å²) < 4.78 is 5.13. The monoisotopic (exact) mass is 172 g/mol. The lowest BCUT2D eigenvalue weighted by Gasteiger charge is -2.35. The van der Waals surface area contributed by atoms with Crippen molar-refractivity contribution >= 4 is 5.96 Å². The minimum Gasteiger partial charge on any atom is -0.381 e. The van der Waals surface area contributed by atoms with Gasteiger partial charge < -0.3 is 10.1 Å². The van der Waals surface area contributed by atoms with Gasteiger partial charge in [-0.15, -0.1) is 0 Å². The number of hydrogen-bond donors (Lipinski definition) is 3. The Morgan fingerprint density at radius 2 is 2.25 bits per heavy atom. The SMILES string of the molecule is CN=C(NN)NC1CC(OC)C1. The molecule has 1 aliphatic carbocycles. The van der Waals surface area contributed by atoms with Gasteiger partial charge in [0.05, 0.1) is 6.10 Å². The molecule has 0 aliphatic heterocycles. The zero-order valence-electron chi connectivity index (χ0n) is 7.50. The van der Waals surface area contributed by atoms with Crippen molar-refractivity contribution in [1.29, 1.82) is 0 Å². The van der Waals surface area contributed by atoms with E-state index in [-0.39, 0.29) is 0 Å². The van der Waals surface area contributed by atoms with Crippen LogP contribution in [-0.4, -0.2) is 32.3 Å². The lowest BCUT2D eigenvalue weighted by atomic mass is 9.89. The van der Waals surface area contributed by atoms with Gasteiger partial charge in [0.15, 0.2) is 0 Å². The molecule has 0 amide bonds. The van der Waals surface area contributed by atoms with Crippen LogP contribution in [0.1, 0.15) is 12.8 Å². The maximum absolute atomic E-state index is 5.20. The molecule has 5 heteroatoms. The highest BCUT2D eigenvalue weighted by molar-refractivity contribution is 5.79. The fourth-order valence-corrected chi connectivity index (χ4v) is 1.24. The average molecular weight is 172 g/mol. The predicted molar refractivity (Wildman–Crippen MR) is 47.6 cm³/mol. The molecule has 0 unspecified atom stereocenters. The summed E-state index contributed by atoms with van der Waals surface area (Å²) in [5, 5.41) is 3.15. The van der Waals surface area contributed by atoms with Crippen LogP contribution in [0.4, 0.5) is 0 Å². The zero-order valence-corrected chi connectivity index (χ0v) is 7.50. The number of hydrazine groups is 1. The molecule has 0 aromatic heterocycles. The van der Waals surface area contributed by atoms with E-state index in [0.29, 0.717) is 18.1 Å². The van der Waals surface area contributed by atoms with Gasteiger partial charge in [-0.05, 0) is 12.8 Å². The Balaban J connectivity index is 2.18. The minimum atomic E-state index is 0.401. The summed E-state index contributed by atoms with van der Waals surface area (Å²) in [6.07, 6.45) is 2.45. The number of methoxy groups -OCH3 is 1. The highest BCUT2D eigenvalue weighted by atomic mass is 16.5. The minimum absolute atomic E-state index is 0.401. The maximum atomic E-state index is 5.20. The van der Waals surface area contributed by atoms with E-state index >= 15 is 0 Å². The Bertz CT molecular complexity index is 165. The first-order valence-corrected chi connectivity index (χ1v) is 4.03. The number of ether oxygens (including phenoxy) is 1. The molecule has 0 saturated heterocycles. The van der Waals surface area contributed by atoms with E-state index in [2.05, 4.69) is 15.7 Å². The first-order valence-electron chi connectivity index (χ1n) is 4.03. The van der Waals surface area contributed by atoms with Crippen LogP contribution in [0.3, 0.4) is 0 Å². The Morgan fingerprint density at radius 1 is 1.58 bits per heavy atom. The normalized spacial score (nSPS) is 29.4. The molecule has 0 aromatic carbocycles. The second-order valence-corrected chi connectivity index (χ2v) is 2.89. The van der Waals surface area contributed by atoms with Crippen LogP contribution >= 0.6 is 0 Å². The van der Waals surface area contributed by atoms with Gasteiger partial charge in [-0.25, -0.2) is 5.84 Å². The summed E-state index contributed by atoms with van der Waals surface area (Å²) in [5.74, 6) is 5.84. The van der Waals surface area contributed by atoms with Crippen LogP contribution in [0.2, 0.25) is 0 Å². The van der Waals surface area contributed by atoms with Crippen LogP contribution in [0.5, 0.6) is 0 Å². The molecule has 0 radical (unpaired) electrons. The Morgan fingerprint density at radius 3 is 2.67 bits per heavy atom. The lowest BCUT2D eigenvalue weighted by Crippen LogP contribution is -2.52. The van der Waals surface area contributed by atoms with E-state index in [0.717, 1.165) is 12.8 Å². The summed E-state index contributed by atoms with van der Waals surface area (Å²) in [7, 11) is 3.42. The number of rotatable bonds is 2. The summed E-state index contributed by atoms with van der Waals surface area (Å²) in [4.78, 5) is 3.91. The largest absolute Gasteiger partial charge is 0.381 e. The van der Waals surface area contributed by atoms with Crippen LogP contribution in [0, 0.1) is 0 Å². The number of nitrogens with two attached hydrogens (primary N) is 1. The van der Waals surface area contributed by atoms with Gasteiger partial charge in [-0.2, -0.15) is 0 Å². The fraction of sp³-hybridized carbons (Fsp3) is 0.857. The molecule has 0 bridgehead atoms. The summed E-state index contributed by atoms with van der Waals surface area (Å²) in [6.45, 7) is 0. The van der Waals surface area contributed by atoms with Gasteiger partial charge in [0, 0.05) is 20.2 Å². The van der Waals surface area contributed by atoms with E-state index in [1.54, 1.807) is 14.2 Å². The highest BCUT2D eigenvalue weighted by Crippen LogP contribution is 2.21. The van der Waals surface area contributed by atoms with Crippen LogP contribution in [-0.2, 0) is 4.74 Å². The van der Waals surface area contributed by atoms with Crippen molar-refractivity contribution in [3.8, 4) is 0 Å². The molecule has 70 valence electrons. The quantitative estimate of drug-likeness (QED) is 0.221. The van der Waals surface area contributed by atoms with Gasteiger partial charge in [0.25, 0.3) is 0 Å². The number of hydrogen-bond acceptors (Lipinski definition) is 3. The van der Waals surface area contributed by atoms with E-state index in [9.17, 15) is 0 Å². The molecule has 1 rings (SSSR count). The molecule has 0 heterocycles. The van der Waals surface area contributed by atoms with Crippen molar-refractivity contribution in [3.05, 3.63) is 0 Å². The van der Waals surface area contributed by atoms with Crippen molar-refractivity contribution in [2.75, 3.05) is 14.2 Å². The van der Waals surface area contributed by atoms with Gasteiger partial charge in [-0.1, -0.05) is 0 Å². The van der Waals surface area contributed by atoms with Crippen LogP contribution in [0.25, 0.3) is 0 Å². The second-order valence-electron chi connectivity index (χ2n) is 2.89. The average Bonchev–Trinajstić information content (AvgIpc) is 2.03. The van der Waals surface area contributed by atoms with Gasteiger partial charge in [0.1, 0.15) is 0 Å². The third-order valence-electron chi connectivity index (χ3n) is 2.13. The predicted octanol–water partition coefficient (Wildman–Crippen LogP) is -0.797. The fourth-order valence-electron chi connectivity index (χ4n) is 1.24. The molecule has 1 saturated carbocycles. The molecule has 1 aliphatic rings. The Kier molecular flexibility index (Phi) is 3.31. The number of nitrogens with zero attached hydrogens (tertiary/aromatic N) is 1.